The fourth-order valence-electron chi connectivity index (χ4n) is 3.43. The Balaban J connectivity index is 1.72. The number of rotatable bonds is 4. The molecule has 5 nitrogen and oxygen atoms in total. The number of carbonyl (C=O) groups is 1. The van der Waals surface area contributed by atoms with E-state index in [1.807, 2.05) is 19.1 Å². The van der Waals surface area contributed by atoms with Crippen LogP contribution in [-0.4, -0.2) is 21.9 Å². The van der Waals surface area contributed by atoms with Crippen LogP contribution in [0.2, 0.25) is 0 Å². The van der Waals surface area contributed by atoms with Crippen molar-refractivity contribution in [1.29, 1.82) is 0 Å². The van der Waals surface area contributed by atoms with Crippen LogP contribution in [0.25, 0.3) is 0 Å². The van der Waals surface area contributed by atoms with Gasteiger partial charge in [-0.1, -0.05) is 52.2 Å². The molecule has 0 atom stereocenters. The van der Waals surface area contributed by atoms with Crippen molar-refractivity contribution in [2.75, 3.05) is 5.32 Å². The number of carbonyl (C=O) groups excluding carboxylic acids is 1. The zero-order chi connectivity index (χ0) is 19.4. The number of anilines is 2. The van der Waals surface area contributed by atoms with Gasteiger partial charge in [0.15, 0.2) is 0 Å². The molecule has 3 rings (SSSR count). The lowest BCUT2D eigenvalue weighted by Crippen LogP contribution is -2.36. The first-order valence-electron chi connectivity index (χ1n) is 9.85. The maximum absolute atomic E-state index is 12.6. The third-order valence-corrected chi connectivity index (χ3v) is 5.03. The molecule has 2 N–H and O–H groups in total. The maximum atomic E-state index is 12.6. The highest BCUT2D eigenvalue weighted by molar-refractivity contribution is 5.92. The van der Waals surface area contributed by atoms with Gasteiger partial charge in [0.2, 0.25) is 5.95 Å². The minimum absolute atomic E-state index is 0.112. The van der Waals surface area contributed by atoms with E-state index >= 15 is 0 Å². The normalized spacial score (nSPS) is 15.4. The van der Waals surface area contributed by atoms with Gasteiger partial charge in [-0.25, -0.2) is 9.97 Å². The van der Waals surface area contributed by atoms with Crippen molar-refractivity contribution >= 4 is 17.5 Å². The molecular weight excluding hydrogens is 336 g/mol. The van der Waals surface area contributed by atoms with Crippen LogP contribution >= 0.6 is 0 Å². The summed E-state index contributed by atoms with van der Waals surface area (Å²) in [6, 6.07) is 10.3. The van der Waals surface area contributed by atoms with E-state index in [-0.39, 0.29) is 17.4 Å². The number of nitrogens with one attached hydrogen (secondary N) is 2. The summed E-state index contributed by atoms with van der Waals surface area (Å²) in [5.74, 6) is 0.339. The number of hydrogen-bond donors (Lipinski definition) is 2. The fourth-order valence-corrected chi connectivity index (χ4v) is 3.43. The molecule has 5 heteroatoms. The molecule has 1 heterocycles. The van der Waals surface area contributed by atoms with Gasteiger partial charge in [-0.15, -0.1) is 0 Å². The van der Waals surface area contributed by atoms with Crippen molar-refractivity contribution in [3.05, 3.63) is 47.3 Å². The molecule has 1 fully saturated rings. The number of hydrogen-bond acceptors (Lipinski definition) is 4. The van der Waals surface area contributed by atoms with Crippen LogP contribution in [0.5, 0.6) is 0 Å². The van der Waals surface area contributed by atoms with Crippen LogP contribution in [-0.2, 0) is 5.41 Å². The molecule has 1 aromatic carbocycles. The van der Waals surface area contributed by atoms with Gasteiger partial charge in [0.05, 0.1) is 0 Å². The summed E-state index contributed by atoms with van der Waals surface area (Å²) in [5, 5.41) is 6.34. The molecule has 27 heavy (non-hydrogen) atoms. The Morgan fingerprint density at radius 1 is 1.04 bits per heavy atom. The van der Waals surface area contributed by atoms with Gasteiger partial charge in [0, 0.05) is 17.4 Å². The first kappa shape index (κ1) is 19.3. The molecule has 1 saturated carbocycles. The van der Waals surface area contributed by atoms with Crippen molar-refractivity contribution < 1.29 is 4.79 Å². The maximum Gasteiger partial charge on any atom is 0.270 e. The largest absolute Gasteiger partial charge is 0.348 e. The van der Waals surface area contributed by atoms with E-state index in [9.17, 15) is 4.79 Å². The van der Waals surface area contributed by atoms with E-state index in [4.69, 9.17) is 0 Å². The molecule has 1 aliphatic rings. The summed E-state index contributed by atoms with van der Waals surface area (Å²) < 4.78 is 0. The van der Waals surface area contributed by atoms with E-state index in [2.05, 4.69) is 53.5 Å². The van der Waals surface area contributed by atoms with Crippen LogP contribution in [0.4, 0.5) is 11.6 Å². The summed E-state index contributed by atoms with van der Waals surface area (Å²) in [7, 11) is 0. The zero-order valence-corrected chi connectivity index (χ0v) is 16.8. The number of benzene rings is 1. The Bertz CT molecular complexity index is 787. The molecule has 0 radical (unpaired) electrons. The van der Waals surface area contributed by atoms with Crippen molar-refractivity contribution in [1.82, 2.24) is 15.3 Å². The Labute approximate surface area is 162 Å². The number of nitrogens with zero attached hydrogens (tertiary/aromatic N) is 2. The Kier molecular flexibility index (Phi) is 5.78. The Hall–Kier alpha value is -2.43. The predicted molar refractivity (Wildman–Crippen MR) is 110 cm³/mol. The van der Waals surface area contributed by atoms with E-state index in [1.165, 1.54) is 24.8 Å². The molecule has 144 valence electrons. The molecule has 0 spiro atoms. The monoisotopic (exact) mass is 366 g/mol. The van der Waals surface area contributed by atoms with Crippen molar-refractivity contribution in [2.45, 2.75) is 71.3 Å². The topological polar surface area (TPSA) is 66.9 Å². The van der Waals surface area contributed by atoms with Gasteiger partial charge in [-0.2, -0.15) is 0 Å². The molecule has 0 aliphatic heterocycles. The quantitative estimate of drug-likeness (QED) is 0.808. The summed E-state index contributed by atoms with van der Waals surface area (Å²) >= 11 is 0. The van der Waals surface area contributed by atoms with Crippen LogP contribution in [0.3, 0.4) is 0 Å². The van der Waals surface area contributed by atoms with E-state index in [1.54, 1.807) is 6.07 Å². The first-order valence-corrected chi connectivity index (χ1v) is 9.85. The zero-order valence-electron chi connectivity index (χ0n) is 16.8. The van der Waals surface area contributed by atoms with Crippen molar-refractivity contribution in [3.63, 3.8) is 0 Å². The van der Waals surface area contributed by atoms with Crippen LogP contribution < -0.4 is 10.6 Å². The average molecular weight is 367 g/mol. The number of amides is 1. The lowest BCUT2D eigenvalue weighted by molar-refractivity contribution is 0.0922. The van der Waals surface area contributed by atoms with Crippen LogP contribution in [0, 0.1) is 6.92 Å². The van der Waals surface area contributed by atoms with E-state index < -0.39 is 0 Å². The van der Waals surface area contributed by atoms with Gasteiger partial charge >= 0.3 is 0 Å². The standard InChI is InChI=1S/C22H30N4O/c1-15-14-19(20(27)24-17-8-6-5-7-9-17)26-21(23-15)25-18-12-10-16(11-13-18)22(2,3)4/h10-14,17H,5-9H2,1-4H3,(H,24,27)(H,23,25,26). The molecule has 2 aromatic rings. The number of aryl methyl sites for hydroxylation is 1. The van der Waals surface area contributed by atoms with Crippen LogP contribution in [0.15, 0.2) is 30.3 Å². The van der Waals surface area contributed by atoms with Gasteiger partial charge in [0.1, 0.15) is 5.69 Å². The van der Waals surface area contributed by atoms with Gasteiger partial charge < -0.3 is 10.6 Å². The van der Waals surface area contributed by atoms with Crippen LogP contribution in [0.1, 0.15) is 74.6 Å². The Morgan fingerprint density at radius 2 is 1.70 bits per heavy atom. The average Bonchev–Trinajstić information content (AvgIpc) is 2.62. The minimum Gasteiger partial charge on any atom is -0.348 e. The fraction of sp³-hybridized carbons (Fsp3) is 0.500. The van der Waals surface area contributed by atoms with Gasteiger partial charge in [0.25, 0.3) is 5.91 Å². The Morgan fingerprint density at radius 3 is 2.33 bits per heavy atom. The second-order valence-electron chi connectivity index (χ2n) is 8.48. The predicted octanol–water partition coefficient (Wildman–Crippen LogP) is 4.89. The van der Waals surface area contributed by atoms with E-state index in [0.29, 0.717) is 11.6 Å². The number of aromatic nitrogens is 2. The third-order valence-electron chi connectivity index (χ3n) is 5.03. The highest BCUT2D eigenvalue weighted by Gasteiger charge is 2.18. The summed E-state index contributed by atoms with van der Waals surface area (Å²) in [6.07, 6.45) is 5.75. The van der Waals surface area contributed by atoms with Crippen molar-refractivity contribution in [2.24, 2.45) is 0 Å². The summed E-state index contributed by atoms with van der Waals surface area (Å²) in [5.41, 5.74) is 3.48. The van der Waals surface area contributed by atoms with Gasteiger partial charge in [-0.05, 0) is 48.9 Å². The molecule has 0 bridgehead atoms. The smallest absolute Gasteiger partial charge is 0.270 e. The third kappa shape index (κ3) is 5.28. The van der Waals surface area contributed by atoms with Gasteiger partial charge in [-0.3, -0.25) is 4.79 Å². The lowest BCUT2D eigenvalue weighted by Gasteiger charge is -2.22. The summed E-state index contributed by atoms with van der Waals surface area (Å²) in [4.78, 5) is 21.5. The first-order chi connectivity index (χ1) is 12.8. The lowest BCUT2D eigenvalue weighted by atomic mass is 9.87. The molecule has 0 unspecified atom stereocenters. The highest BCUT2D eigenvalue weighted by Crippen LogP contribution is 2.24. The molecule has 1 aliphatic carbocycles. The van der Waals surface area contributed by atoms with Crippen molar-refractivity contribution in [3.8, 4) is 0 Å². The second-order valence-corrected chi connectivity index (χ2v) is 8.48. The SMILES string of the molecule is Cc1cc(C(=O)NC2CCCCC2)nc(Nc2ccc(C(C)(C)C)cc2)n1. The van der Waals surface area contributed by atoms with E-state index in [0.717, 1.165) is 24.2 Å². The minimum atomic E-state index is -0.112. The second kappa shape index (κ2) is 8.07. The highest BCUT2D eigenvalue weighted by atomic mass is 16.1. The molecule has 0 saturated heterocycles. The summed E-state index contributed by atoms with van der Waals surface area (Å²) in [6.45, 7) is 8.45. The molecular formula is C22H30N4O. The molecule has 1 amide bonds. The molecule has 1 aromatic heterocycles.